The maximum atomic E-state index is 12.7. The van der Waals surface area contributed by atoms with E-state index in [4.69, 9.17) is 4.42 Å². The third kappa shape index (κ3) is 3.22. The molecular formula is C19H19N3O2S. The van der Waals surface area contributed by atoms with Crippen molar-refractivity contribution < 1.29 is 9.21 Å². The Labute approximate surface area is 150 Å². The molecule has 0 spiro atoms. The number of amides is 1. The van der Waals surface area contributed by atoms with E-state index >= 15 is 0 Å². The molecule has 3 aromatic rings. The number of aryl methyl sites for hydroxylation is 1. The SMILES string of the molecule is Cc1ccccc1C(=O)N1CCC(c2nnc(-c3ccsc3)o2)CC1. The van der Waals surface area contributed by atoms with Crippen molar-refractivity contribution in [3.05, 3.63) is 58.1 Å². The van der Waals surface area contributed by atoms with Crippen LogP contribution in [-0.4, -0.2) is 34.1 Å². The van der Waals surface area contributed by atoms with Crippen LogP contribution in [0.3, 0.4) is 0 Å². The average molecular weight is 353 g/mol. The molecule has 0 radical (unpaired) electrons. The number of carbonyl (C=O) groups is 1. The van der Waals surface area contributed by atoms with Gasteiger partial charge in [0.25, 0.3) is 5.91 Å². The molecule has 0 saturated carbocycles. The summed E-state index contributed by atoms with van der Waals surface area (Å²) in [6.45, 7) is 3.41. The van der Waals surface area contributed by atoms with Crippen LogP contribution in [0.25, 0.3) is 11.5 Å². The Balaban J connectivity index is 1.42. The van der Waals surface area contributed by atoms with Gasteiger partial charge in [0.2, 0.25) is 11.8 Å². The van der Waals surface area contributed by atoms with Gasteiger partial charge in [0.1, 0.15) is 0 Å². The zero-order valence-corrected chi connectivity index (χ0v) is 14.8. The van der Waals surface area contributed by atoms with Crippen LogP contribution >= 0.6 is 11.3 Å². The van der Waals surface area contributed by atoms with Crippen LogP contribution in [0, 0.1) is 6.92 Å². The Morgan fingerprint density at radius 3 is 2.72 bits per heavy atom. The molecule has 1 fully saturated rings. The number of carbonyl (C=O) groups excluding carboxylic acids is 1. The first-order valence-corrected chi connectivity index (χ1v) is 9.37. The second-order valence-corrected chi connectivity index (χ2v) is 7.12. The molecule has 0 N–H and O–H groups in total. The first-order chi connectivity index (χ1) is 12.2. The predicted molar refractivity (Wildman–Crippen MR) is 96.7 cm³/mol. The monoisotopic (exact) mass is 353 g/mol. The average Bonchev–Trinajstić information content (AvgIpc) is 3.33. The number of piperidine rings is 1. The van der Waals surface area contributed by atoms with E-state index in [2.05, 4.69) is 10.2 Å². The molecule has 0 atom stereocenters. The summed E-state index contributed by atoms with van der Waals surface area (Å²) in [7, 11) is 0. The van der Waals surface area contributed by atoms with Gasteiger partial charge in [0.05, 0.1) is 0 Å². The summed E-state index contributed by atoms with van der Waals surface area (Å²) in [6, 6.07) is 9.72. The van der Waals surface area contributed by atoms with E-state index in [1.807, 2.05) is 52.9 Å². The number of likely N-dealkylation sites (tertiary alicyclic amines) is 1. The van der Waals surface area contributed by atoms with E-state index < -0.39 is 0 Å². The highest BCUT2D eigenvalue weighted by Crippen LogP contribution is 2.30. The molecule has 3 heterocycles. The summed E-state index contributed by atoms with van der Waals surface area (Å²) in [4.78, 5) is 14.6. The maximum absolute atomic E-state index is 12.7. The smallest absolute Gasteiger partial charge is 0.254 e. The molecule has 1 aliphatic heterocycles. The number of hydrogen-bond acceptors (Lipinski definition) is 5. The van der Waals surface area contributed by atoms with Gasteiger partial charge in [-0.15, -0.1) is 10.2 Å². The highest BCUT2D eigenvalue weighted by atomic mass is 32.1. The van der Waals surface area contributed by atoms with Crippen molar-refractivity contribution in [2.75, 3.05) is 13.1 Å². The molecule has 4 rings (SSSR count). The highest BCUT2D eigenvalue weighted by molar-refractivity contribution is 7.08. The minimum Gasteiger partial charge on any atom is -0.420 e. The second-order valence-electron chi connectivity index (χ2n) is 6.34. The lowest BCUT2D eigenvalue weighted by Crippen LogP contribution is -2.38. The fourth-order valence-corrected chi connectivity index (χ4v) is 3.84. The highest BCUT2D eigenvalue weighted by Gasteiger charge is 2.28. The molecule has 5 nitrogen and oxygen atoms in total. The minimum atomic E-state index is 0.112. The van der Waals surface area contributed by atoms with Crippen LogP contribution in [0.2, 0.25) is 0 Å². The van der Waals surface area contributed by atoms with E-state index in [0.29, 0.717) is 24.9 Å². The van der Waals surface area contributed by atoms with Crippen LogP contribution in [0.1, 0.15) is 40.6 Å². The van der Waals surface area contributed by atoms with Gasteiger partial charge < -0.3 is 9.32 Å². The van der Waals surface area contributed by atoms with Gasteiger partial charge in [0.15, 0.2) is 0 Å². The van der Waals surface area contributed by atoms with Gasteiger partial charge >= 0.3 is 0 Å². The normalized spacial score (nSPS) is 15.5. The third-order valence-corrected chi connectivity index (χ3v) is 5.40. The number of aromatic nitrogens is 2. The molecular weight excluding hydrogens is 334 g/mol. The van der Waals surface area contributed by atoms with Gasteiger partial charge in [-0.1, -0.05) is 18.2 Å². The summed E-state index contributed by atoms with van der Waals surface area (Å²) in [5.74, 6) is 1.60. The van der Waals surface area contributed by atoms with Crippen LogP contribution < -0.4 is 0 Å². The van der Waals surface area contributed by atoms with Crippen molar-refractivity contribution in [1.29, 1.82) is 0 Å². The minimum absolute atomic E-state index is 0.112. The molecule has 25 heavy (non-hydrogen) atoms. The maximum Gasteiger partial charge on any atom is 0.254 e. The van der Waals surface area contributed by atoms with Crippen LogP contribution in [0.4, 0.5) is 0 Å². The Bertz CT molecular complexity index is 864. The second kappa shape index (κ2) is 6.80. The molecule has 0 unspecified atom stereocenters. The van der Waals surface area contributed by atoms with Crippen LogP contribution in [0.5, 0.6) is 0 Å². The topological polar surface area (TPSA) is 59.2 Å². The Hall–Kier alpha value is -2.47. The first kappa shape index (κ1) is 16.0. The summed E-state index contributed by atoms with van der Waals surface area (Å²) in [6.07, 6.45) is 1.70. The van der Waals surface area contributed by atoms with Crippen molar-refractivity contribution in [2.45, 2.75) is 25.7 Å². The van der Waals surface area contributed by atoms with Crippen molar-refractivity contribution >= 4 is 17.2 Å². The van der Waals surface area contributed by atoms with E-state index in [-0.39, 0.29) is 11.8 Å². The van der Waals surface area contributed by atoms with Crippen molar-refractivity contribution in [1.82, 2.24) is 15.1 Å². The number of thiophene rings is 1. The third-order valence-electron chi connectivity index (χ3n) is 4.72. The number of rotatable bonds is 3. The predicted octanol–water partition coefficient (Wildman–Crippen LogP) is 4.13. The van der Waals surface area contributed by atoms with E-state index in [9.17, 15) is 4.79 Å². The Kier molecular flexibility index (Phi) is 4.36. The molecule has 1 aromatic carbocycles. The van der Waals surface area contributed by atoms with Gasteiger partial charge in [-0.25, -0.2) is 0 Å². The zero-order chi connectivity index (χ0) is 17.2. The van der Waals surface area contributed by atoms with Gasteiger partial charge in [-0.05, 0) is 42.8 Å². The molecule has 1 amide bonds. The summed E-state index contributed by atoms with van der Waals surface area (Å²) < 4.78 is 5.85. The summed E-state index contributed by atoms with van der Waals surface area (Å²) in [5.41, 5.74) is 2.78. The summed E-state index contributed by atoms with van der Waals surface area (Å²) >= 11 is 1.61. The molecule has 128 valence electrons. The van der Waals surface area contributed by atoms with E-state index in [0.717, 1.165) is 29.5 Å². The van der Waals surface area contributed by atoms with Crippen molar-refractivity contribution in [3.8, 4) is 11.5 Å². The van der Waals surface area contributed by atoms with E-state index in [1.165, 1.54) is 0 Å². The van der Waals surface area contributed by atoms with Gasteiger partial charge in [-0.2, -0.15) is 11.3 Å². The Morgan fingerprint density at radius 1 is 1.20 bits per heavy atom. The molecule has 1 saturated heterocycles. The fraction of sp³-hybridized carbons (Fsp3) is 0.316. The van der Waals surface area contributed by atoms with Crippen molar-refractivity contribution in [3.63, 3.8) is 0 Å². The Morgan fingerprint density at radius 2 is 2.00 bits per heavy atom. The molecule has 2 aromatic heterocycles. The molecule has 1 aliphatic rings. The van der Waals surface area contributed by atoms with Gasteiger partial charge in [-0.3, -0.25) is 4.79 Å². The van der Waals surface area contributed by atoms with Crippen LogP contribution in [-0.2, 0) is 0 Å². The zero-order valence-electron chi connectivity index (χ0n) is 14.0. The first-order valence-electron chi connectivity index (χ1n) is 8.43. The lowest BCUT2D eigenvalue weighted by atomic mass is 9.96. The number of hydrogen-bond donors (Lipinski definition) is 0. The van der Waals surface area contributed by atoms with Gasteiger partial charge in [0, 0.05) is 35.5 Å². The lowest BCUT2D eigenvalue weighted by Gasteiger charge is -2.30. The summed E-state index contributed by atoms with van der Waals surface area (Å²) in [5, 5.41) is 12.4. The fourth-order valence-electron chi connectivity index (χ4n) is 3.22. The lowest BCUT2D eigenvalue weighted by molar-refractivity contribution is 0.0705. The standard InChI is InChI=1S/C19H19N3O2S/c1-13-4-2-3-5-16(13)19(23)22-9-6-14(7-10-22)17-20-21-18(24-17)15-8-11-25-12-15/h2-5,8,11-12,14H,6-7,9-10H2,1H3. The molecule has 6 heteroatoms. The largest absolute Gasteiger partial charge is 0.420 e. The molecule has 0 aliphatic carbocycles. The number of benzene rings is 1. The van der Waals surface area contributed by atoms with Crippen molar-refractivity contribution in [2.24, 2.45) is 0 Å². The quantitative estimate of drug-likeness (QED) is 0.710. The van der Waals surface area contributed by atoms with E-state index in [1.54, 1.807) is 11.3 Å². The van der Waals surface area contributed by atoms with Crippen LogP contribution in [0.15, 0.2) is 45.5 Å². The number of nitrogens with zero attached hydrogens (tertiary/aromatic N) is 3. The molecule has 0 bridgehead atoms.